The number of hydrogen-bond donors (Lipinski definition) is 1. The lowest BCUT2D eigenvalue weighted by molar-refractivity contribution is 0.0926. The van der Waals surface area contributed by atoms with Crippen LogP contribution in [-0.2, 0) is 6.54 Å². The normalized spacial score (nSPS) is 15.5. The van der Waals surface area contributed by atoms with Crippen molar-refractivity contribution in [2.45, 2.75) is 45.3 Å². The van der Waals surface area contributed by atoms with Crippen LogP contribution in [0.2, 0.25) is 0 Å². The van der Waals surface area contributed by atoms with Gasteiger partial charge in [0.1, 0.15) is 24.3 Å². The highest BCUT2D eigenvalue weighted by molar-refractivity contribution is 5.76. The third-order valence-electron chi connectivity index (χ3n) is 4.66. The van der Waals surface area contributed by atoms with Crippen LogP contribution in [0.5, 0.6) is 5.75 Å². The maximum Gasteiger partial charge on any atom is 0.119 e. The van der Waals surface area contributed by atoms with Crippen molar-refractivity contribution in [3.63, 3.8) is 0 Å². The Bertz CT molecular complexity index is 876. The first-order valence-electron chi connectivity index (χ1n) is 8.94. The molecule has 1 atom stereocenters. The van der Waals surface area contributed by atoms with E-state index in [0.29, 0.717) is 12.5 Å². The van der Waals surface area contributed by atoms with Crippen molar-refractivity contribution in [2.24, 2.45) is 0 Å². The van der Waals surface area contributed by atoms with Crippen molar-refractivity contribution in [3.05, 3.63) is 59.4 Å². The summed E-state index contributed by atoms with van der Waals surface area (Å²) in [6.45, 7) is 4.89. The van der Waals surface area contributed by atoms with Crippen molar-refractivity contribution in [1.82, 2.24) is 9.55 Å². The third-order valence-corrected chi connectivity index (χ3v) is 4.66. The zero-order valence-corrected chi connectivity index (χ0v) is 14.8. The SMILES string of the molecule is Cc1cc(C)cc(OC[C@@H](O)Cn2c(C3CC3)nc3ccccc32)c1. The van der Waals surface area contributed by atoms with Gasteiger partial charge in [0.2, 0.25) is 0 Å². The molecular formula is C21H24N2O2. The average Bonchev–Trinajstić information content (AvgIpc) is 3.36. The van der Waals surface area contributed by atoms with Crippen LogP contribution >= 0.6 is 0 Å². The molecule has 130 valence electrons. The fraction of sp³-hybridized carbons (Fsp3) is 0.381. The molecule has 0 bridgehead atoms. The number of benzene rings is 2. The zero-order chi connectivity index (χ0) is 17.4. The van der Waals surface area contributed by atoms with Gasteiger partial charge in [-0.05, 0) is 62.1 Å². The van der Waals surface area contributed by atoms with Crippen LogP contribution < -0.4 is 4.74 Å². The minimum atomic E-state index is -0.573. The smallest absolute Gasteiger partial charge is 0.119 e. The molecule has 4 nitrogen and oxygen atoms in total. The molecule has 1 saturated carbocycles. The molecule has 3 aromatic rings. The molecule has 4 rings (SSSR count). The van der Waals surface area contributed by atoms with E-state index in [1.807, 2.05) is 30.3 Å². The van der Waals surface area contributed by atoms with Crippen LogP contribution in [-0.4, -0.2) is 27.4 Å². The number of hydrogen-bond acceptors (Lipinski definition) is 3. The van der Waals surface area contributed by atoms with Crippen molar-refractivity contribution < 1.29 is 9.84 Å². The summed E-state index contributed by atoms with van der Waals surface area (Å²) in [6.07, 6.45) is 1.81. The van der Waals surface area contributed by atoms with Crippen molar-refractivity contribution in [2.75, 3.05) is 6.61 Å². The molecule has 0 aliphatic heterocycles. The average molecular weight is 336 g/mol. The number of aliphatic hydroxyl groups excluding tert-OH is 1. The van der Waals surface area contributed by atoms with Gasteiger partial charge in [-0.25, -0.2) is 4.98 Å². The zero-order valence-electron chi connectivity index (χ0n) is 14.8. The summed E-state index contributed by atoms with van der Waals surface area (Å²) in [6, 6.07) is 14.3. The Kier molecular flexibility index (Phi) is 4.22. The summed E-state index contributed by atoms with van der Waals surface area (Å²) in [7, 11) is 0. The Hall–Kier alpha value is -2.33. The summed E-state index contributed by atoms with van der Waals surface area (Å²) in [5.41, 5.74) is 4.43. The number of ether oxygens (including phenoxy) is 1. The van der Waals surface area contributed by atoms with Crippen molar-refractivity contribution in [3.8, 4) is 5.75 Å². The standard InChI is InChI=1S/C21H24N2O2/c1-14-9-15(2)11-18(10-14)25-13-17(24)12-23-20-6-4-3-5-19(20)22-21(23)16-7-8-16/h3-6,9-11,16-17,24H,7-8,12-13H2,1-2H3/t17-/m0/s1. The number of rotatable bonds is 6. The van der Waals surface area contributed by atoms with Gasteiger partial charge in [0.25, 0.3) is 0 Å². The lowest BCUT2D eigenvalue weighted by atomic mass is 10.1. The first-order valence-corrected chi connectivity index (χ1v) is 8.94. The van der Waals surface area contributed by atoms with Gasteiger partial charge in [0.15, 0.2) is 0 Å². The van der Waals surface area contributed by atoms with E-state index in [1.165, 1.54) is 24.0 Å². The van der Waals surface area contributed by atoms with Crippen LogP contribution in [0.3, 0.4) is 0 Å². The molecule has 0 radical (unpaired) electrons. The molecule has 1 aliphatic carbocycles. The summed E-state index contributed by atoms with van der Waals surface area (Å²) in [5.74, 6) is 2.46. The second-order valence-electron chi connectivity index (χ2n) is 7.13. The van der Waals surface area contributed by atoms with Gasteiger partial charge in [0.05, 0.1) is 17.6 Å². The van der Waals surface area contributed by atoms with E-state index in [1.54, 1.807) is 0 Å². The van der Waals surface area contributed by atoms with Crippen molar-refractivity contribution >= 4 is 11.0 Å². The number of aliphatic hydroxyl groups is 1. The number of aryl methyl sites for hydroxylation is 2. The lowest BCUT2D eigenvalue weighted by Gasteiger charge is -2.16. The van der Waals surface area contributed by atoms with Gasteiger partial charge < -0.3 is 14.4 Å². The molecule has 0 spiro atoms. The van der Waals surface area contributed by atoms with E-state index < -0.39 is 6.10 Å². The molecule has 25 heavy (non-hydrogen) atoms. The molecule has 0 saturated heterocycles. The summed E-state index contributed by atoms with van der Waals surface area (Å²) >= 11 is 0. The molecule has 2 aromatic carbocycles. The fourth-order valence-electron chi connectivity index (χ4n) is 3.41. The highest BCUT2D eigenvalue weighted by Gasteiger charge is 2.30. The van der Waals surface area contributed by atoms with Crippen LogP contribution in [0.1, 0.15) is 35.7 Å². The van der Waals surface area contributed by atoms with Gasteiger partial charge in [-0.3, -0.25) is 0 Å². The molecule has 1 N–H and O–H groups in total. The third kappa shape index (κ3) is 3.54. The monoisotopic (exact) mass is 336 g/mol. The summed E-state index contributed by atoms with van der Waals surface area (Å²) in [5, 5.41) is 10.5. The number of imidazole rings is 1. The van der Waals surface area contributed by atoms with Gasteiger partial charge in [0, 0.05) is 5.92 Å². The van der Waals surface area contributed by atoms with Crippen LogP contribution in [0.15, 0.2) is 42.5 Å². The van der Waals surface area contributed by atoms with E-state index in [4.69, 9.17) is 9.72 Å². The molecule has 1 aromatic heterocycles. The van der Waals surface area contributed by atoms with Crippen molar-refractivity contribution in [1.29, 1.82) is 0 Å². The van der Waals surface area contributed by atoms with E-state index in [-0.39, 0.29) is 6.61 Å². The molecule has 0 amide bonds. The predicted molar refractivity (Wildman–Crippen MR) is 99.1 cm³/mol. The van der Waals surface area contributed by atoms with Crippen LogP contribution in [0.25, 0.3) is 11.0 Å². The Morgan fingerprint density at radius 1 is 1.16 bits per heavy atom. The second kappa shape index (κ2) is 6.52. The number of para-hydroxylation sites is 2. The predicted octanol–water partition coefficient (Wildman–Crippen LogP) is 3.97. The maximum atomic E-state index is 10.5. The fourth-order valence-corrected chi connectivity index (χ4v) is 3.41. The highest BCUT2D eigenvalue weighted by Crippen LogP contribution is 2.40. The van der Waals surface area contributed by atoms with E-state index in [0.717, 1.165) is 22.6 Å². The number of nitrogens with zero attached hydrogens (tertiary/aromatic N) is 2. The largest absolute Gasteiger partial charge is 0.491 e. The van der Waals surface area contributed by atoms with E-state index >= 15 is 0 Å². The molecule has 1 heterocycles. The van der Waals surface area contributed by atoms with Crippen LogP contribution in [0.4, 0.5) is 0 Å². The Morgan fingerprint density at radius 3 is 2.60 bits per heavy atom. The van der Waals surface area contributed by atoms with Gasteiger partial charge >= 0.3 is 0 Å². The molecule has 1 aliphatic rings. The Labute approximate surface area is 148 Å². The maximum absolute atomic E-state index is 10.5. The molecule has 1 fully saturated rings. The lowest BCUT2D eigenvalue weighted by Crippen LogP contribution is -2.24. The summed E-state index contributed by atoms with van der Waals surface area (Å²) in [4.78, 5) is 4.78. The van der Waals surface area contributed by atoms with Gasteiger partial charge in [-0.2, -0.15) is 0 Å². The Balaban J connectivity index is 1.50. The highest BCUT2D eigenvalue weighted by atomic mass is 16.5. The van der Waals surface area contributed by atoms with Crippen LogP contribution in [0, 0.1) is 13.8 Å². The number of fused-ring (bicyclic) bond motifs is 1. The first-order chi connectivity index (χ1) is 12.1. The second-order valence-corrected chi connectivity index (χ2v) is 7.13. The molecule has 0 unspecified atom stereocenters. The quantitative estimate of drug-likeness (QED) is 0.741. The minimum Gasteiger partial charge on any atom is -0.491 e. The topological polar surface area (TPSA) is 47.3 Å². The minimum absolute atomic E-state index is 0.277. The Morgan fingerprint density at radius 2 is 1.88 bits per heavy atom. The molecule has 4 heteroatoms. The summed E-state index contributed by atoms with van der Waals surface area (Å²) < 4.78 is 7.99. The van der Waals surface area contributed by atoms with E-state index in [9.17, 15) is 5.11 Å². The van der Waals surface area contributed by atoms with E-state index in [2.05, 4.69) is 30.5 Å². The number of aromatic nitrogens is 2. The van der Waals surface area contributed by atoms with Gasteiger partial charge in [-0.15, -0.1) is 0 Å². The molecular weight excluding hydrogens is 312 g/mol. The van der Waals surface area contributed by atoms with Gasteiger partial charge in [-0.1, -0.05) is 18.2 Å². The first kappa shape index (κ1) is 16.2.